The second-order valence-corrected chi connectivity index (χ2v) is 6.00. The van der Waals surface area contributed by atoms with Gasteiger partial charge < -0.3 is 10.1 Å². The van der Waals surface area contributed by atoms with Crippen molar-refractivity contribution in [1.82, 2.24) is 19.7 Å². The van der Waals surface area contributed by atoms with Gasteiger partial charge in [0.2, 0.25) is 5.95 Å². The lowest BCUT2D eigenvalue weighted by molar-refractivity contribution is 0.261. The van der Waals surface area contributed by atoms with Gasteiger partial charge in [0.05, 0.1) is 18.0 Å². The molecule has 1 aromatic carbocycles. The predicted octanol–water partition coefficient (Wildman–Crippen LogP) is 2.87. The molecular formula is C19H22N6O3. The van der Waals surface area contributed by atoms with Crippen LogP contribution in [-0.2, 0) is 6.42 Å². The van der Waals surface area contributed by atoms with Gasteiger partial charge in [0.15, 0.2) is 0 Å². The van der Waals surface area contributed by atoms with Gasteiger partial charge in [-0.2, -0.15) is 9.78 Å². The van der Waals surface area contributed by atoms with E-state index in [1.54, 1.807) is 31.2 Å². The first-order valence-electron chi connectivity index (χ1n) is 8.97. The van der Waals surface area contributed by atoms with Gasteiger partial charge in [-0.15, -0.1) is 0 Å². The van der Waals surface area contributed by atoms with Crippen LogP contribution in [0.5, 0.6) is 5.75 Å². The average Bonchev–Trinajstić information content (AvgIpc) is 3.03. The number of hydrogen-bond acceptors (Lipinski definition) is 5. The van der Waals surface area contributed by atoms with Crippen LogP contribution in [0.25, 0.3) is 5.95 Å². The number of hydrogen-bond donors (Lipinski definition) is 3. The Labute approximate surface area is 161 Å². The molecule has 0 aliphatic heterocycles. The highest BCUT2D eigenvalue weighted by molar-refractivity contribution is 6.00. The highest BCUT2D eigenvalue weighted by Crippen LogP contribution is 2.24. The molecular weight excluding hydrogens is 360 g/mol. The summed E-state index contributed by atoms with van der Waals surface area (Å²) in [5, 5.41) is 9.82. The first-order valence-corrected chi connectivity index (χ1v) is 8.97. The number of H-pyrrole nitrogens is 1. The number of benzene rings is 1. The van der Waals surface area contributed by atoms with Gasteiger partial charge in [-0.3, -0.25) is 15.1 Å². The van der Waals surface area contributed by atoms with E-state index in [1.807, 2.05) is 19.9 Å². The Kier molecular flexibility index (Phi) is 5.73. The van der Waals surface area contributed by atoms with Gasteiger partial charge in [-0.25, -0.2) is 9.78 Å². The second kappa shape index (κ2) is 8.38. The summed E-state index contributed by atoms with van der Waals surface area (Å²) in [7, 11) is 0. The van der Waals surface area contributed by atoms with Crippen LogP contribution in [-0.4, -0.2) is 32.4 Å². The number of nitrogens with zero attached hydrogens (tertiary/aromatic N) is 3. The van der Waals surface area contributed by atoms with Crippen molar-refractivity contribution in [3.05, 3.63) is 58.1 Å². The summed E-state index contributed by atoms with van der Waals surface area (Å²) in [5.41, 5.74) is 1.56. The third kappa shape index (κ3) is 4.37. The number of para-hydroxylation sites is 2. The minimum absolute atomic E-state index is 0.238. The fourth-order valence-electron chi connectivity index (χ4n) is 2.65. The minimum atomic E-state index is -0.470. The van der Waals surface area contributed by atoms with Crippen molar-refractivity contribution in [2.24, 2.45) is 0 Å². The van der Waals surface area contributed by atoms with Gasteiger partial charge in [0.1, 0.15) is 11.6 Å². The molecule has 146 valence electrons. The lowest BCUT2D eigenvalue weighted by atomic mass is 10.3. The normalized spacial score (nSPS) is 10.5. The minimum Gasteiger partial charge on any atom is -0.492 e. The monoisotopic (exact) mass is 382 g/mol. The highest BCUT2D eigenvalue weighted by atomic mass is 16.5. The molecule has 0 saturated heterocycles. The summed E-state index contributed by atoms with van der Waals surface area (Å²) in [5.74, 6) is 1.19. The van der Waals surface area contributed by atoms with E-state index >= 15 is 0 Å². The molecule has 9 nitrogen and oxygen atoms in total. The SMILES string of the molecule is CCOc1ccccc1NC(=O)Nc1cc(C)nn1-c1nc(CC)cc(=O)[nH]1. The number of aromatic amines is 1. The first-order chi connectivity index (χ1) is 13.5. The lowest BCUT2D eigenvalue weighted by Gasteiger charge is -2.12. The van der Waals surface area contributed by atoms with Crippen LogP contribution < -0.4 is 20.9 Å². The maximum atomic E-state index is 12.5. The van der Waals surface area contributed by atoms with Crippen molar-refractivity contribution < 1.29 is 9.53 Å². The van der Waals surface area contributed by atoms with Gasteiger partial charge >= 0.3 is 6.03 Å². The Morgan fingerprint density at radius 1 is 1.21 bits per heavy atom. The zero-order valence-corrected chi connectivity index (χ0v) is 15.9. The molecule has 3 N–H and O–H groups in total. The van der Waals surface area contributed by atoms with E-state index in [4.69, 9.17) is 4.74 Å². The van der Waals surface area contributed by atoms with Crippen molar-refractivity contribution in [3.8, 4) is 11.7 Å². The molecule has 2 aromatic heterocycles. The number of anilines is 2. The average molecular weight is 382 g/mol. The zero-order valence-electron chi connectivity index (χ0n) is 15.9. The molecule has 28 heavy (non-hydrogen) atoms. The van der Waals surface area contributed by atoms with Crippen LogP contribution >= 0.6 is 0 Å². The molecule has 9 heteroatoms. The topological polar surface area (TPSA) is 114 Å². The largest absolute Gasteiger partial charge is 0.492 e. The fourth-order valence-corrected chi connectivity index (χ4v) is 2.65. The van der Waals surface area contributed by atoms with E-state index in [9.17, 15) is 9.59 Å². The van der Waals surface area contributed by atoms with Gasteiger partial charge in [0, 0.05) is 17.8 Å². The van der Waals surface area contributed by atoms with Crippen LogP contribution in [0.2, 0.25) is 0 Å². The van der Waals surface area contributed by atoms with E-state index in [-0.39, 0.29) is 11.5 Å². The number of carbonyl (C=O) groups excluding carboxylic acids is 1. The van der Waals surface area contributed by atoms with Crippen LogP contribution in [0.1, 0.15) is 25.2 Å². The Bertz CT molecular complexity index is 1040. The Morgan fingerprint density at radius 2 is 2.00 bits per heavy atom. The molecule has 2 amide bonds. The summed E-state index contributed by atoms with van der Waals surface area (Å²) in [6.07, 6.45) is 0.606. The number of amides is 2. The van der Waals surface area contributed by atoms with E-state index in [2.05, 4.69) is 25.7 Å². The van der Waals surface area contributed by atoms with Gasteiger partial charge in [-0.1, -0.05) is 19.1 Å². The molecule has 0 aliphatic rings. The summed E-state index contributed by atoms with van der Waals surface area (Å²) in [6, 6.07) is 9.81. The Balaban J connectivity index is 1.85. The Hall–Kier alpha value is -3.62. The second-order valence-electron chi connectivity index (χ2n) is 6.00. The molecule has 2 heterocycles. The number of aromatic nitrogens is 4. The van der Waals surface area contributed by atoms with Gasteiger partial charge in [0.25, 0.3) is 5.56 Å². The maximum Gasteiger partial charge on any atom is 0.324 e. The third-order valence-corrected chi connectivity index (χ3v) is 3.85. The number of ether oxygens (including phenoxy) is 1. The molecule has 0 atom stereocenters. The molecule has 0 aliphatic carbocycles. The van der Waals surface area contributed by atoms with Crippen molar-refractivity contribution >= 4 is 17.5 Å². The molecule has 0 spiro atoms. The van der Waals surface area contributed by atoms with Gasteiger partial charge in [-0.05, 0) is 32.4 Å². The van der Waals surface area contributed by atoms with Crippen molar-refractivity contribution in [3.63, 3.8) is 0 Å². The summed E-state index contributed by atoms with van der Waals surface area (Å²) < 4.78 is 6.91. The zero-order chi connectivity index (χ0) is 20.1. The summed E-state index contributed by atoms with van der Waals surface area (Å²) in [4.78, 5) is 31.4. The number of aryl methyl sites for hydroxylation is 2. The fraction of sp³-hybridized carbons (Fsp3) is 0.263. The smallest absolute Gasteiger partial charge is 0.324 e. The van der Waals surface area contributed by atoms with Crippen molar-refractivity contribution in [2.75, 3.05) is 17.2 Å². The van der Waals surface area contributed by atoms with Crippen LogP contribution in [0, 0.1) is 6.92 Å². The molecule has 0 radical (unpaired) electrons. The quantitative estimate of drug-likeness (QED) is 0.606. The molecule has 0 unspecified atom stereocenters. The molecule has 3 rings (SSSR count). The number of rotatable bonds is 6. The van der Waals surface area contributed by atoms with E-state index in [1.165, 1.54) is 10.7 Å². The maximum absolute atomic E-state index is 12.5. The summed E-state index contributed by atoms with van der Waals surface area (Å²) >= 11 is 0. The van der Waals surface area contributed by atoms with Crippen molar-refractivity contribution in [1.29, 1.82) is 0 Å². The van der Waals surface area contributed by atoms with Crippen LogP contribution in [0.4, 0.5) is 16.3 Å². The summed E-state index contributed by atoms with van der Waals surface area (Å²) in [6.45, 7) is 6.05. The highest BCUT2D eigenvalue weighted by Gasteiger charge is 2.14. The Morgan fingerprint density at radius 3 is 2.75 bits per heavy atom. The first kappa shape index (κ1) is 19.2. The molecule has 3 aromatic rings. The lowest BCUT2D eigenvalue weighted by Crippen LogP contribution is -2.23. The number of urea groups is 1. The molecule has 0 fully saturated rings. The third-order valence-electron chi connectivity index (χ3n) is 3.85. The molecule has 0 saturated carbocycles. The predicted molar refractivity (Wildman–Crippen MR) is 106 cm³/mol. The van der Waals surface area contributed by atoms with Crippen molar-refractivity contribution in [2.45, 2.75) is 27.2 Å². The molecule has 0 bridgehead atoms. The number of carbonyl (C=O) groups is 1. The van der Waals surface area contributed by atoms with E-state index < -0.39 is 6.03 Å². The van der Waals surface area contributed by atoms with Crippen LogP contribution in [0.3, 0.4) is 0 Å². The standard InChI is InChI=1S/C19H22N6O3/c1-4-13-11-17(26)23-18(20-13)25-16(10-12(3)24-25)22-19(27)21-14-8-6-7-9-15(14)28-5-2/h6-11H,4-5H2,1-3H3,(H,20,23,26)(H2,21,22,27). The number of nitrogens with one attached hydrogen (secondary N) is 3. The van der Waals surface area contributed by atoms with E-state index in [0.717, 1.165) is 0 Å². The van der Waals surface area contributed by atoms with Crippen LogP contribution in [0.15, 0.2) is 41.2 Å². The van der Waals surface area contributed by atoms with E-state index in [0.29, 0.717) is 41.7 Å².